The average Bonchev–Trinajstić information content (AvgIpc) is 3.05. The van der Waals surface area contributed by atoms with Gasteiger partial charge >= 0.3 is 5.97 Å². The summed E-state index contributed by atoms with van der Waals surface area (Å²) >= 11 is 0. The van der Waals surface area contributed by atoms with Crippen molar-refractivity contribution in [2.24, 2.45) is 0 Å². The van der Waals surface area contributed by atoms with Crippen LogP contribution in [0.15, 0.2) is 34.7 Å². The van der Waals surface area contributed by atoms with E-state index in [1.807, 2.05) is 0 Å². The van der Waals surface area contributed by atoms with Crippen molar-refractivity contribution < 1.29 is 28.5 Å². The highest BCUT2D eigenvalue weighted by atomic mass is 16.6. The average molecular weight is 389 g/mol. The van der Waals surface area contributed by atoms with Gasteiger partial charge in [-0.15, -0.1) is 0 Å². The second-order valence-electron chi connectivity index (χ2n) is 5.91. The van der Waals surface area contributed by atoms with Crippen LogP contribution in [0.25, 0.3) is 0 Å². The molecule has 0 unspecified atom stereocenters. The number of furan rings is 1. The zero-order chi connectivity index (χ0) is 20.8. The van der Waals surface area contributed by atoms with Crippen LogP contribution >= 0.6 is 0 Å². The summed E-state index contributed by atoms with van der Waals surface area (Å²) in [5, 5.41) is 13.2. The monoisotopic (exact) mass is 389 g/mol. The molecule has 2 aromatic rings. The zero-order valence-corrected chi connectivity index (χ0v) is 15.6. The van der Waals surface area contributed by atoms with Crippen LogP contribution < -0.4 is 5.32 Å². The molecular formula is C18H19N3O7. The van der Waals surface area contributed by atoms with Gasteiger partial charge in [0.1, 0.15) is 17.1 Å². The number of carbonyl (C=O) groups excluding carboxylic acids is 3. The molecule has 28 heavy (non-hydrogen) atoms. The molecule has 0 radical (unpaired) electrons. The second kappa shape index (κ2) is 8.80. The Morgan fingerprint density at radius 2 is 2.00 bits per heavy atom. The third-order valence-corrected chi connectivity index (χ3v) is 3.91. The summed E-state index contributed by atoms with van der Waals surface area (Å²) in [6, 6.07) is 6.69. The first-order chi connectivity index (χ1) is 13.2. The number of ether oxygens (including phenoxy) is 1. The van der Waals surface area contributed by atoms with Crippen molar-refractivity contribution >= 4 is 23.5 Å². The lowest BCUT2D eigenvalue weighted by atomic mass is 10.2. The Balaban J connectivity index is 1.94. The van der Waals surface area contributed by atoms with Crippen LogP contribution in [0, 0.1) is 17.0 Å². The van der Waals surface area contributed by atoms with Crippen LogP contribution in [0.3, 0.4) is 0 Å². The van der Waals surface area contributed by atoms with E-state index in [9.17, 15) is 24.5 Å². The number of carbonyl (C=O) groups is 3. The van der Waals surface area contributed by atoms with Crippen molar-refractivity contribution in [2.45, 2.75) is 13.5 Å². The highest BCUT2D eigenvalue weighted by Crippen LogP contribution is 2.17. The van der Waals surface area contributed by atoms with Crippen LogP contribution in [0.4, 0.5) is 5.69 Å². The lowest BCUT2D eigenvalue weighted by Crippen LogP contribution is -2.37. The third-order valence-electron chi connectivity index (χ3n) is 3.91. The van der Waals surface area contributed by atoms with Crippen LogP contribution in [-0.4, -0.2) is 48.3 Å². The maximum Gasteiger partial charge on any atom is 0.341 e. The van der Waals surface area contributed by atoms with E-state index in [-0.39, 0.29) is 29.9 Å². The topological polar surface area (TPSA) is 132 Å². The maximum atomic E-state index is 12.2. The maximum absolute atomic E-state index is 12.2. The van der Waals surface area contributed by atoms with E-state index in [4.69, 9.17) is 4.42 Å². The van der Waals surface area contributed by atoms with Gasteiger partial charge in [0.15, 0.2) is 0 Å². The highest BCUT2D eigenvalue weighted by molar-refractivity contribution is 5.97. The fourth-order valence-corrected chi connectivity index (χ4v) is 2.41. The Morgan fingerprint density at radius 1 is 1.29 bits per heavy atom. The van der Waals surface area contributed by atoms with E-state index >= 15 is 0 Å². The molecule has 1 aromatic carbocycles. The number of methoxy groups -OCH3 is 1. The summed E-state index contributed by atoms with van der Waals surface area (Å²) < 4.78 is 10.1. The van der Waals surface area contributed by atoms with Gasteiger partial charge in [-0.2, -0.15) is 0 Å². The SMILES string of the molecule is COC(=O)c1cc(CN(C)C(=O)CNC(=O)c2cccc([N+](=O)[O-])c2)oc1C. The van der Waals surface area contributed by atoms with Gasteiger partial charge < -0.3 is 19.4 Å². The Morgan fingerprint density at radius 3 is 2.64 bits per heavy atom. The number of nitro groups is 1. The molecule has 0 aliphatic rings. The molecule has 0 spiro atoms. The second-order valence-corrected chi connectivity index (χ2v) is 5.91. The molecule has 0 aliphatic heterocycles. The quantitative estimate of drug-likeness (QED) is 0.433. The molecular weight excluding hydrogens is 370 g/mol. The fourth-order valence-electron chi connectivity index (χ4n) is 2.41. The van der Waals surface area contributed by atoms with Gasteiger partial charge in [0, 0.05) is 24.7 Å². The molecule has 0 saturated heterocycles. The molecule has 10 nitrogen and oxygen atoms in total. The lowest BCUT2D eigenvalue weighted by molar-refractivity contribution is -0.384. The third kappa shape index (κ3) is 4.93. The van der Waals surface area contributed by atoms with Crippen molar-refractivity contribution in [1.82, 2.24) is 10.2 Å². The minimum Gasteiger partial charge on any atom is -0.465 e. The molecule has 0 fully saturated rings. The molecule has 148 valence electrons. The predicted octanol–water partition coefficient (Wildman–Crippen LogP) is 1.67. The normalized spacial score (nSPS) is 10.2. The van der Waals surface area contributed by atoms with E-state index in [2.05, 4.69) is 10.1 Å². The smallest absolute Gasteiger partial charge is 0.341 e. The number of likely N-dealkylation sites (N-methyl/N-ethyl adjacent to an activating group) is 1. The molecule has 0 aliphatic carbocycles. The molecule has 0 saturated carbocycles. The van der Waals surface area contributed by atoms with E-state index in [0.717, 1.165) is 6.07 Å². The van der Waals surface area contributed by atoms with Crippen LogP contribution in [-0.2, 0) is 16.1 Å². The number of non-ortho nitro benzene ring substituents is 1. The Kier molecular flexibility index (Phi) is 6.48. The number of nitrogens with zero attached hydrogens (tertiary/aromatic N) is 2. The van der Waals surface area contributed by atoms with Crippen molar-refractivity contribution in [1.29, 1.82) is 0 Å². The van der Waals surface area contributed by atoms with Crippen LogP contribution in [0.1, 0.15) is 32.2 Å². The molecule has 1 N–H and O–H groups in total. The number of nitrogens with one attached hydrogen (secondary N) is 1. The molecule has 2 amide bonds. The summed E-state index contributed by atoms with van der Waals surface area (Å²) in [4.78, 5) is 47.4. The number of hydrogen-bond acceptors (Lipinski definition) is 7. The Hall–Kier alpha value is -3.69. The van der Waals surface area contributed by atoms with Gasteiger partial charge in [0.2, 0.25) is 5.91 Å². The standard InChI is InChI=1S/C18H19N3O7/c1-11-15(18(24)27-3)8-14(28-11)10-20(2)16(22)9-19-17(23)12-5-4-6-13(7-12)21(25)26/h4-8H,9-10H2,1-3H3,(H,19,23). The minimum atomic E-state index is -0.607. The largest absolute Gasteiger partial charge is 0.465 e. The first kappa shape index (κ1) is 20.6. The van der Waals surface area contributed by atoms with Crippen LogP contribution in [0.2, 0.25) is 0 Å². The van der Waals surface area contributed by atoms with Crippen LogP contribution in [0.5, 0.6) is 0 Å². The highest BCUT2D eigenvalue weighted by Gasteiger charge is 2.19. The van der Waals surface area contributed by atoms with E-state index in [1.54, 1.807) is 6.92 Å². The summed E-state index contributed by atoms with van der Waals surface area (Å²) in [6.07, 6.45) is 0. The number of hydrogen-bond donors (Lipinski definition) is 1. The van der Waals surface area contributed by atoms with Gasteiger partial charge in [-0.05, 0) is 19.1 Å². The van der Waals surface area contributed by atoms with Crippen molar-refractivity contribution in [3.05, 3.63) is 63.1 Å². The summed E-state index contributed by atoms with van der Waals surface area (Å²) in [5.74, 6) is -0.786. The number of benzene rings is 1. The molecule has 0 bridgehead atoms. The van der Waals surface area contributed by atoms with Gasteiger partial charge in [0.25, 0.3) is 11.6 Å². The van der Waals surface area contributed by atoms with Crippen molar-refractivity contribution in [3.8, 4) is 0 Å². The van der Waals surface area contributed by atoms with Gasteiger partial charge in [-0.25, -0.2) is 4.79 Å². The molecule has 2 rings (SSSR count). The molecule has 1 heterocycles. The summed E-state index contributed by atoms with van der Waals surface area (Å²) in [6.45, 7) is 1.39. The van der Waals surface area contributed by atoms with Crippen molar-refractivity contribution in [3.63, 3.8) is 0 Å². The van der Waals surface area contributed by atoms with Gasteiger partial charge in [-0.1, -0.05) is 6.07 Å². The first-order valence-electron chi connectivity index (χ1n) is 8.17. The number of rotatable bonds is 7. The van der Waals surface area contributed by atoms with E-state index in [1.165, 1.54) is 43.3 Å². The fraction of sp³-hybridized carbons (Fsp3) is 0.278. The summed E-state index contributed by atoms with van der Waals surface area (Å²) in [7, 11) is 2.77. The lowest BCUT2D eigenvalue weighted by Gasteiger charge is -2.16. The molecule has 0 atom stereocenters. The van der Waals surface area contributed by atoms with Crippen molar-refractivity contribution in [2.75, 3.05) is 20.7 Å². The predicted molar refractivity (Wildman–Crippen MR) is 96.7 cm³/mol. The van der Waals surface area contributed by atoms with Gasteiger partial charge in [0.05, 0.1) is 25.1 Å². The number of amides is 2. The first-order valence-corrected chi connectivity index (χ1v) is 8.17. The zero-order valence-electron chi connectivity index (χ0n) is 15.6. The number of esters is 1. The number of aryl methyl sites for hydroxylation is 1. The molecule has 10 heteroatoms. The molecule has 1 aromatic heterocycles. The minimum absolute atomic E-state index is 0.0778. The summed E-state index contributed by atoms with van der Waals surface area (Å²) in [5.41, 5.74) is 0.136. The Bertz CT molecular complexity index is 920. The Labute approximate surface area is 160 Å². The number of nitro benzene ring substituents is 1. The van der Waals surface area contributed by atoms with E-state index < -0.39 is 22.7 Å². The van der Waals surface area contributed by atoms with Gasteiger partial charge in [-0.3, -0.25) is 19.7 Å². The van der Waals surface area contributed by atoms with E-state index in [0.29, 0.717) is 11.5 Å².